The maximum atomic E-state index is 3.64. The first-order valence-electron chi connectivity index (χ1n) is 8.33. The van der Waals surface area contributed by atoms with Crippen LogP contribution in [0.5, 0.6) is 0 Å². The van der Waals surface area contributed by atoms with Crippen LogP contribution in [-0.4, -0.2) is 11.5 Å². The molecule has 2 N–H and O–H groups in total. The van der Waals surface area contributed by atoms with Crippen molar-refractivity contribution in [2.24, 2.45) is 17.3 Å². The van der Waals surface area contributed by atoms with E-state index in [4.69, 9.17) is 0 Å². The van der Waals surface area contributed by atoms with Gasteiger partial charge < -0.3 is 10.3 Å². The summed E-state index contributed by atoms with van der Waals surface area (Å²) in [6.07, 6.45) is 7.55. The Labute approximate surface area is 128 Å². The van der Waals surface area contributed by atoms with Crippen molar-refractivity contribution in [2.45, 2.75) is 46.5 Å². The highest BCUT2D eigenvalue weighted by atomic mass is 14.9. The van der Waals surface area contributed by atoms with Crippen LogP contribution < -0.4 is 5.32 Å². The highest BCUT2D eigenvalue weighted by Gasteiger charge is 2.29. The Morgan fingerprint density at radius 1 is 1.10 bits per heavy atom. The largest absolute Gasteiger partial charge is 0.385 e. The fourth-order valence-electron chi connectivity index (χ4n) is 3.66. The van der Waals surface area contributed by atoms with E-state index in [1.54, 1.807) is 0 Å². The molecule has 2 nitrogen and oxygen atoms in total. The number of benzene rings is 1. The van der Waals surface area contributed by atoms with E-state index >= 15 is 0 Å². The maximum Gasteiger partial charge on any atom is 0.0455 e. The summed E-state index contributed by atoms with van der Waals surface area (Å²) in [4.78, 5) is 3.24. The van der Waals surface area contributed by atoms with Crippen LogP contribution in [0, 0.1) is 17.3 Å². The zero-order valence-corrected chi connectivity index (χ0v) is 13.6. The van der Waals surface area contributed by atoms with E-state index < -0.39 is 0 Å². The van der Waals surface area contributed by atoms with Gasteiger partial charge in [0.25, 0.3) is 0 Å². The number of fused-ring (bicyclic) bond motifs is 1. The monoisotopic (exact) mass is 284 g/mol. The van der Waals surface area contributed by atoms with Gasteiger partial charge in [0.15, 0.2) is 0 Å². The van der Waals surface area contributed by atoms with Gasteiger partial charge in [-0.05, 0) is 67.2 Å². The summed E-state index contributed by atoms with van der Waals surface area (Å²) in [5.41, 5.74) is 2.95. The third kappa shape index (κ3) is 3.42. The van der Waals surface area contributed by atoms with Gasteiger partial charge in [-0.15, -0.1) is 0 Å². The van der Waals surface area contributed by atoms with E-state index in [0.29, 0.717) is 5.41 Å². The van der Waals surface area contributed by atoms with Crippen molar-refractivity contribution in [1.29, 1.82) is 0 Å². The minimum atomic E-state index is 0.484. The van der Waals surface area contributed by atoms with Gasteiger partial charge in [0.05, 0.1) is 0 Å². The van der Waals surface area contributed by atoms with Crippen LogP contribution in [-0.2, 0) is 0 Å². The summed E-state index contributed by atoms with van der Waals surface area (Å²) < 4.78 is 0. The van der Waals surface area contributed by atoms with Crippen LogP contribution in [0.3, 0.4) is 0 Å². The Morgan fingerprint density at radius 3 is 2.57 bits per heavy atom. The second-order valence-electron chi connectivity index (χ2n) is 7.74. The first-order valence-corrected chi connectivity index (χ1v) is 8.33. The highest BCUT2D eigenvalue weighted by molar-refractivity contribution is 5.82. The van der Waals surface area contributed by atoms with Crippen molar-refractivity contribution in [2.75, 3.05) is 11.9 Å². The van der Waals surface area contributed by atoms with Crippen molar-refractivity contribution < 1.29 is 0 Å². The molecule has 1 aromatic carbocycles. The first kappa shape index (κ1) is 14.5. The molecule has 1 heterocycles. The van der Waals surface area contributed by atoms with Gasteiger partial charge >= 0.3 is 0 Å². The molecule has 0 amide bonds. The van der Waals surface area contributed by atoms with E-state index in [1.807, 2.05) is 6.20 Å². The second-order valence-corrected chi connectivity index (χ2v) is 7.74. The summed E-state index contributed by atoms with van der Waals surface area (Å²) in [5.74, 6) is 1.75. The average molecular weight is 284 g/mol. The summed E-state index contributed by atoms with van der Waals surface area (Å²) in [5, 5.41) is 4.92. The number of nitrogens with one attached hydrogen (secondary N) is 2. The molecule has 0 bridgehead atoms. The molecule has 0 atom stereocenters. The summed E-state index contributed by atoms with van der Waals surface area (Å²) in [7, 11) is 0. The van der Waals surface area contributed by atoms with Crippen LogP contribution >= 0.6 is 0 Å². The maximum absolute atomic E-state index is 3.64. The zero-order valence-electron chi connectivity index (χ0n) is 13.6. The minimum Gasteiger partial charge on any atom is -0.385 e. The van der Waals surface area contributed by atoms with Crippen molar-refractivity contribution >= 4 is 16.6 Å². The predicted molar refractivity (Wildman–Crippen MR) is 91.7 cm³/mol. The Bertz CT molecular complexity index is 583. The van der Waals surface area contributed by atoms with Gasteiger partial charge in [-0.2, -0.15) is 0 Å². The van der Waals surface area contributed by atoms with E-state index in [9.17, 15) is 0 Å². The van der Waals surface area contributed by atoms with Crippen LogP contribution in [0.1, 0.15) is 46.5 Å². The fourth-order valence-corrected chi connectivity index (χ4v) is 3.66. The molecule has 1 aromatic heterocycles. The first-order chi connectivity index (χ1) is 10.0. The van der Waals surface area contributed by atoms with E-state index in [2.05, 4.69) is 55.3 Å². The molecule has 0 aliphatic heterocycles. The summed E-state index contributed by atoms with van der Waals surface area (Å²) in [6, 6.07) is 8.72. The van der Waals surface area contributed by atoms with Gasteiger partial charge in [-0.3, -0.25) is 0 Å². The number of aromatic nitrogens is 1. The second kappa shape index (κ2) is 5.75. The normalized spacial score (nSPS) is 23.4. The lowest BCUT2D eigenvalue weighted by molar-refractivity contribution is 0.153. The van der Waals surface area contributed by atoms with Crippen LogP contribution in [0.15, 0.2) is 30.5 Å². The molecule has 0 unspecified atom stereocenters. The topological polar surface area (TPSA) is 27.8 Å². The molecule has 2 aromatic rings. The number of aromatic amines is 1. The minimum absolute atomic E-state index is 0.484. The van der Waals surface area contributed by atoms with Gasteiger partial charge in [0.2, 0.25) is 0 Å². The lowest BCUT2D eigenvalue weighted by Gasteiger charge is -2.37. The SMILES string of the molecule is CC(C)(C)C1CCC(CNc2ccc3[nH]ccc3c2)CC1. The molecule has 1 aliphatic rings. The van der Waals surface area contributed by atoms with Gasteiger partial charge in [0.1, 0.15) is 0 Å². The molecular weight excluding hydrogens is 256 g/mol. The third-order valence-corrected chi connectivity index (χ3v) is 5.22. The van der Waals surface area contributed by atoms with Crippen molar-refractivity contribution in [1.82, 2.24) is 4.98 Å². The highest BCUT2D eigenvalue weighted by Crippen LogP contribution is 2.39. The van der Waals surface area contributed by atoms with E-state index in [0.717, 1.165) is 18.4 Å². The number of hydrogen-bond donors (Lipinski definition) is 2. The molecule has 0 saturated heterocycles. The van der Waals surface area contributed by atoms with E-state index in [-0.39, 0.29) is 0 Å². The third-order valence-electron chi connectivity index (χ3n) is 5.22. The molecule has 21 heavy (non-hydrogen) atoms. The smallest absolute Gasteiger partial charge is 0.0455 e. The molecule has 3 rings (SSSR count). The number of anilines is 1. The molecule has 1 aliphatic carbocycles. The zero-order chi connectivity index (χ0) is 14.9. The number of rotatable bonds is 3. The molecule has 2 heteroatoms. The lowest BCUT2D eigenvalue weighted by atomic mass is 9.70. The van der Waals surface area contributed by atoms with Crippen LogP contribution in [0.4, 0.5) is 5.69 Å². The Hall–Kier alpha value is -1.44. The quantitative estimate of drug-likeness (QED) is 0.772. The summed E-state index contributed by atoms with van der Waals surface area (Å²) >= 11 is 0. The lowest BCUT2D eigenvalue weighted by Crippen LogP contribution is -2.28. The Morgan fingerprint density at radius 2 is 1.86 bits per heavy atom. The van der Waals surface area contributed by atoms with E-state index in [1.165, 1.54) is 42.3 Å². The van der Waals surface area contributed by atoms with Gasteiger partial charge in [-0.1, -0.05) is 20.8 Å². The Balaban J connectivity index is 1.52. The van der Waals surface area contributed by atoms with Crippen LogP contribution in [0.2, 0.25) is 0 Å². The van der Waals surface area contributed by atoms with Crippen LogP contribution in [0.25, 0.3) is 10.9 Å². The molecule has 1 saturated carbocycles. The molecule has 1 fully saturated rings. The van der Waals surface area contributed by atoms with Gasteiger partial charge in [0, 0.05) is 29.3 Å². The molecule has 0 radical (unpaired) electrons. The fraction of sp³-hybridized carbons (Fsp3) is 0.579. The number of hydrogen-bond acceptors (Lipinski definition) is 1. The van der Waals surface area contributed by atoms with Crippen molar-refractivity contribution in [3.63, 3.8) is 0 Å². The van der Waals surface area contributed by atoms with Crippen molar-refractivity contribution in [3.05, 3.63) is 30.5 Å². The Kier molecular flexibility index (Phi) is 3.97. The standard InChI is InChI=1S/C19H28N2/c1-19(2,3)16-6-4-14(5-7-16)13-21-17-8-9-18-15(12-17)10-11-20-18/h8-12,14,16,20-21H,4-7,13H2,1-3H3. The predicted octanol–water partition coefficient (Wildman–Crippen LogP) is 5.43. The summed E-state index contributed by atoms with van der Waals surface area (Å²) in [6.45, 7) is 8.29. The molecule has 114 valence electrons. The average Bonchev–Trinajstić information content (AvgIpc) is 2.92. The molecule has 0 spiro atoms. The molecular formula is C19H28N2. The number of H-pyrrole nitrogens is 1. The van der Waals surface area contributed by atoms with Gasteiger partial charge in [-0.25, -0.2) is 0 Å². The van der Waals surface area contributed by atoms with Crippen molar-refractivity contribution in [3.8, 4) is 0 Å².